The molecule has 0 saturated heterocycles. The fourth-order valence-corrected chi connectivity index (χ4v) is 2.66. The van der Waals surface area contributed by atoms with E-state index in [4.69, 9.17) is 9.29 Å². The van der Waals surface area contributed by atoms with Gasteiger partial charge in [-0.2, -0.15) is 26.3 Å². The largest absolute Gasteiger partial charge is 0.494 e. The average Bonchev–Trinajstić information content (AvgIpc) is 3.07. The fraction of sp³-hybridized carbons (Fsp3) is 0.133. The van der Waals surface area contributed by atoms with Gasteiger partial charge in [0.2, 0.25) is 0 Å². The lowest BCUT2D eigenvalue weighted by Gasteiger charge is -2.07. The summed E-state index contributed by atoms with van der Waals surface area (Å²) in [6.45, 7) is 0. The molecule has 0 radical (unpaired) electrons. The van der Waals surface area contributed by atoms with Crippen molar-refractivity contribution in [1.82, 2.24) is 19.7 Å². The van der Waals surface area contributed by atoms with Crippen LogP contribution in [0.1, 0.15) is 5.82 Å². The molecule has 148 valence electrons. The van der Waals surface area contributed by atoms with E-state index in [1.165, 1.54) is 19.2 Å². The molecule has 0 spiro atoms. The number of pyridine rings is 1. The topological polar surface area (TPSA) is 107 Å². The number of rotatable bonds is 4. The van der Waals surface area contributed by atoms with Crippen LogP contribution in [0.5, 0.6) is 5.75 Å². The minimum atomic E-state index is -4.89. The van der Waals surface area contributed by atoms with Crippen molar-refractivity contribution in [3.8, 4) is 23.0 Å². The van der Waals surface area contributed by atoms with Crippen molar-refractivity contribution in [3.05, 3.63) is 48.2 Å². The number of nitrogens with zero attached hydrogens (tertiary/aromatic N) is 4. The highest BCUT2D eigenvalue weighted by atomic mass is 32.2. The summed E-state index contributed by atoms with van der Waals surface area (Å²) in [6, 6.07) is 5.32. The van der Waals surface area contributed by atoms with Crippen molar-refractivity contribution in [3.63, 3.8) is 0 Å². The standard InChI is InChI=1S/C15H10F4N4O4S/c1-27-11-4-2-8(6-10(11)16)13-21-14(15(17,18)19)22-23(13)12-5-3-9(7-20-12)28(24,25)26/h2-7H,1H3,(H,24,25,26). The quantitative estimate of drug-likeness (QED) is 0.513. The number of hydrogen-bond acceptors (Lipinski definition) is 6. The Balaban J connectivity index is 2.18. The minimum absolute atomic E-state index is 0.0537. The van der Waals surface area contributed by atoms with E-state index < -0.39 is 32.8 Å². The zero-order valence-corrected chi connectivity index (χ0v) is 14.7. The Bertz CT molecular complexity index is 1130. The molecule has 0 bridgehead atoms. The van der Waals surface area contributed by atoms with Crippen molar-refractivity contribution in [2.45, 2.75) is 11.1 Å². The fourth-order valence-electron chi connectivity index (χ4n) is 2.23. The van der Waals surface area contributed by atoms with Crippen LogP contribution in [-0.4, -0.2) is 39.8 Å². The lowest BCUT2D eigenvalue weighted by molar-refractivity contribution is -0.144. The lowest BCUT2D eigenvalue weighted by atomic mass is 10.2. The maximum Gasteiger partial charge on any atom is 0.453 e. The number of hydrogen-bond donors (Lipinski definition) is 1. The van der Waals surface area contributed by atoms with Gasteiger partial charge in [-0.1, -0.05) is 0 Å². The summed E-state index contributed by atoms with van der Waals surface area (Å²) < 4.78 is 89.8. The van der Waals surface area contributed by atoms with E-state index in [0.717, 1.165) is 24.4 Å². The van der Waals surface area contributed by atoms with Gasteiger partial charge in [-0.15, -0.1) is 5.10 Å². The zero-order valence-electron chi connectivity index (χ0n) is 13.8. The van der Waals surface area contributed by atoms with Gasteiger partial charge in [-0.25, -0.2) is 14.4 Å². The van der Waals surface area contributed by atoms with Crippen molar-refractivity contribution >= 4 is 10.1 Å². The molecule has 0 amide bonds. The normalized spacial score (nSPS) is 12.2. The van der Waals surface area contributed by atoms with Gasteiger partial charge in [0.25, 0.3) is 15.9 Å². The second kappa shape index (κ2) is 6.83. The molecule has 28 heavy (non-hydrogen) atoms. The van der Waals surface area contributed by atoms with E-state index in [2.05, 4.69) is 15.1 Å². The van der Waals surface area contributed by atoms with Gasteiger partial charge < -0.3 is 4.74 Å². The number of alkyl halides is 3. The molecule has 8 nitrogen and oxygen atoms in total. The zero-order chi connectivity index (χ0) is 20.7. The van der Waals surface area contributed by atoms with E-state index >= 15 is 0 Å². The Labute approximate surface area is 155 Å². The second-order valence-electron chi connectivity index (χ2n) is 5.35. The van der Waals surface area contributed by atoms with E-state index in [0.29, 0.717) is 4.68 Å². The van der Waals surface area contributed by atoms with Gasteiger partial charge in [-0.3, -0.25) is 4.55 Å². The Hall–Kier alpha value is -3.06. The Morgan fingerprint density at radius 3 is 2.39 bits per heavy atom. The summed E-state index contributed by atoms with van der Waals surface area (Å²) in [7, 11) is -3.32. The third kappa shape index (κ3) is 3.80. The molecule has 0 saturated carbocycles. The molecule has 0 fully saturated rings. The van der Waals surface area contributed by atoms with Crippen LogP contribution in [0.2, 0.25) is 0 Å². The van der Waals surface area contributed by atoms with Gasteiger partial charge in [0, 0.05) is 5.56 Å². The highest BCUT2D eigenvalue weighted by Crippen LogP contribution is 2.31. The van der Waals surface area contributed by atoms with E-state index in [9.17, 15) is 26.0 Å². The second-order valence-corrected chi connectivity index (χ2v) is 6.77. The predicted octanol–water partition coefficient (Wildman–Crippen LogP) is 2.74. The van der Waals surface area contributed by atoms with Crippen LogP contribution >= 0.6 is 0 Å². The average molecular weight is 418 g/mol. The van der Waals surface area contributed by atoms with Crippen LogP contribution in [0.25, 0.3) is 17.2 Å². The highest BCUT2D eigenvalue weighted by molar-refractivity contribution is 7.85. The molecule has 0 aliphatic rings. The van der Waals surface area contributed by atoms with Crippen LogP contribution in [-0.2, 0) is 16.3 Å². The molecule has 13 heteroatoms. The van der Waals surface area contributed by atoms with Gasteiger partial charge in [-0.05, 0) is 30.3 Å². The summed E-state index contributed by atoms with van der Waals surface area (Å²) in [5.41, 5.74) is -0.0537. The molecule has 1 N–H and O–H groups in total. The van der Waals surface area contributed by atoms with E-state index in [1.54, 1.807) is 0 Å². The van der Waals surface area contributed by atoms with Crippen LogP contribution in [0.4, 0.5) is 17.6 Å². The van der Waals surface area contributed by atoms with E-state index in [-0.39, 0.29) is 23.0 Å². The Kier molecular flexibility index (Phi) is 4.81. The summed E-state index contributed by atoms with van der Waals surface area (Å²) in [4.78, 5) is 6.53. The molecule has 3 rings (SSSR count). The molecule has 2 heterocycles. The number of benzene rings is 1. The van der Waals surface area contributed by atoms with Crippen LogP contribution in [0.3, 0.4) is 0 Å². The molecule has 0 atom stereocenters. The summed E-state index contributed by atoms with van der Waals surface area (Å²) >= 11 is 0. The van der Waals surface area contributed by atoms with Gasteiger partial charge in [0.05, 0.1) is 13.3 Å². The maximum absolute atomic E-state index is 14.0. The van der Waals surface area contributed by atoms with Crippen molar-refractivity contribution in [2.24, 2.45) is 0 Å². The molecular formula is C15H10F4N4O4S. The van der Waals surface area contributed by atoms with Gasteiger partial charge in [0.1, 0.15) is 4.90 Å². The van der Waals surface area contributed by atoms with Crippen molar-refractivity contribution in [1.29, 1.82) is 0 Å². The predicted molar refractivity (Wildman–Crippen MR) is 85.9 cm³/mol. The van der Waals surface area contributed by atoms with Gasteiger partial charge >= 0.3 is 6.18 Å². The minimum Gasteiger partial charge on any atom is -0.494 e. The smallest absolute Gasteiger partial charge is 0.453 e. The first-order chi connectivity index (χ1) is 13.0. The Morgan fingerprint density at radius 2 is 1.89 bits per heavy atom. The third-order valence-corrected chi connectivity index (χ3v) is 4.34. The number of halogens is 4. The van der Waals surface area contributed by atoms with Crippen molar-refractivity contribution in [2.75, 3.05) is 7.11 Å². The first kappa shape index (κ1) is 19.7. The number of aromatic nitrogens is 4. The monoisotopic (exact) mass is 418 g/mol. The third-order valence-electron chi connectivity index (χ3n) is 3.51. The molecule has 3 aromatic rings. The van der Waals surface area contributed by atoms with Crippen LogP contribution < -0.4 is 4.74 Å². The molecular weight excluding hydrogens is 408 g/mol. The SMILES string of the molecule is COc1ccc(-c2nc(C(F)(F)F)nn2-c2ccc(S(=O)(=O)O)cn2)cc1F. The first-order valence-electron chi connectivity index (χ1n) is 7.33. The number of methoxy groups -OCH3 is 1. The lowest BCUT2D eigenvalue weighted by Crippen LogP contribution is -2.09. The van der Waals surface area contributed by atoms with Crippen LogP contribution in [0, 0.1) is 5.82 Å². The maximum atomic E-state index is 14.0. The molecule has 0 aliphatic carbocycles. The summed E-state index contributed by atoms with van der Waals surface area (Å²) in [5.74, 6) is -3.08. The first-order valence-corrected chi connectivity index (χ1v) is 8.77. The molecule has 1 aromatic carbocycles. The van der Waals surface area contributed by atoms with Crippen molar-refractivity contribution < 1.29 is 35.3 Å². The molecule has 2 aromatic heterocycles. The Morgan fingerprint density at radius 1 is 1.18 bits per heavy atom. The molecule has 0 aliphatic heterocycles. The van der Waals surface area contributed by atoms with E-state index in [1.807, 2.05) is 0 Å². The summed E-state index contributed by atoms with van der Waals surface area (Å²) in [5, 5.41) is 3.34. The highest BCUT2D eigenvalue weighted by Gasteiger charge is 2.37. The van der Waals surface area contributed by atoms with Gasteiger partial charge in [0.15, 0.2) is 23.2 Å². The molecule has 0 unspecified atom stereocenters. The summed E-state index contributed by atoms with van der Waals surface area (Å²) in [6.07, 6.45) is -4.16. The number of ether oxygens (including phenoxy) is 1. The van der Waals surface area contributed by atoms with Crippen LogP contribution in [0.15, 0.2) is 41.4 Å².